The SMILES string of the molecule is CCC(C)C(=O)N1CCCC(C(=O)N2CCC(N3CCNCC3)C2)C1.Cl. The van der Waals surface area contributed by atoms with Crippen LogP contribution in [-0.2, 0) is 9.59 Å². The number of rotatable bonds is 4. The van der Waals surface area contributed by atoms with Crippen LogP contribution in [0.5, 0.6) is 0 Å². The molecule has 3 unspecified atom stereocenters. The van der Waals surface area contributed by atoms with Crippen molar-refractivity contribution in [3.05, 3.63) is 0 Å². The van der Waals surface area contributed by atoms with E-state index in [1.165, 1.54) is 0 Å². The smallest absolute Gasteiger partial charge is 0.227 e. The van der Waals surface area contributed by atoms with E-state index in [-0.39, 0.29) is 36.1 Å². The Kier molecular flexibility index (Phi) is 8.17. The summed E-state index contributed by atoms with van der Waals surface area (Å²) in [6.45, 7) is 11.5. The van der Waals surface area contributed by atoms with E-state index in [2.05, 4.69) is 22.0 Å². The first-order valence-electron chi connectivity index (χ1n) is 10.1. The third kappa shape index (κ3) is 4.90. The number of carbonyl (C=O) groups is 2. The van der Waals surface area contributed by atoms with Gasteiger partial charge in [-0.25, -0.2) is 0 Å². The van der Waals surface area contributed by atoms with Crippen LogP contribution in [0.25, 0.3) is 0 Å². The van der Waals surface area contributed by atoms with Crippen molar-refractivity contribution in [1.29, 1.82) is 0 Å². The lowest BCUT2D eigenvalue weighted by Gasteiger charge is -2.36. The highest BCUT2D eigenvalue weighted by Crippen LogP contribution is 2.24. The summed E-state index contributed by atoms with van der Waals surface area (Å²) in [6.07, 6.45) is 3.84. The molecule has 150 valence electrons. The van der Waals surface area contributed by atoms with Crippen molar-refractivity contribution < 1.29 is 9.59 Å². The van der Waals surface area contributed by atoms with E-state index in [0.717, 1.165) is 71.5 Å². The van der Waals surface area contributed by atoms with Gasteiger partial charge >= 0.3 is 0 Å². The molecular weight excluding hydrogens is 352 g/mol. The number of piperidine rings is 1. The maximum Gasteiger partial charge on any atom is 0.227 e. The summed E-state index contributed by atoms with van der Waals surface area (Å²) in [5.41, 5.74) is 0. The van der Waals surface area contributed by atoms with E-state index in [0.29, 0.717) is 12.6 Å². The number of halogens is 1. The number of piperazine rings is 1. The van der Waals surface area contributed by atoms with Crippen LogP contribution in [-0.4, -0.2) is 84.9 Å². The van der Waals surface area contributed by atoms with Crippen molar-refractivity contribution in [2.45, 2.75) is 45.6 Å². The minimum Gasteiger partial charge on any atom is -0.342 e. The molecule has 26 heavy (non-hydrogen) atoms. The Hall–Kier alpha value is -0.850. The summed E-state index contributed by atoms with van der Waals surface area (Å²) in [5.74, 6) is 0.570. The molecule has 3 atom stereocenters. The molecule has 3 rings (SSSR count). The second-order valence-corrected chi connectivity index (χ2v) is 7.95. The van der Waals surface area contributed by atoms with Gasteiger partial charge in [-0.1, -0.05) is 13.8 Å². The second kappa shape index (κ2) is 9.90. The number of likely N-dealkylation sites (tertiary alicyclic amines) is 2. The van der Waals surface area contributed by atoms with Crippen LogP contribution in [0.1, 0.15) is 39.5 Å². The van der Waals surface area contributed by atoms with Crippen LogP contribution in [0.15, 0.2) is 0 Å². The quantitative estimate of drug-likeness (QED) is 0.788. The normalized spacial score (nSPS) is 28.5. The Morgan fingerprint density at radius 1 is 1.04 bits per heavy atom. The third-order valence-electron chi connectivity index (χ3n) is 6.26. The third-order valence-corrected chi connectivity index (χ3v) is 6.26. The summed E-state index contributed by atoms with van der Waals surface area (Å²) >= 11 is 0. The van der Waals surface area contributed by atoms with E-state index < -0.39 is 0 Å². The number of carbonyl (C=O) groups excluding carboxylic acids is 2. The van der Waals surface area contributed by atoms with Gasteiger partial charge in [0, 0.05) is 64.3 Å². The molecule has 0 bridgehead atoms. The van der Waals surface area contributed by atoms with E-state index in [9.17, 15) is 9.59 Å². The van der Waals surface area contributed by atoms with Crippen LogP contribution >= 0.6 is 12.4 Å². The summed E-state index contributed by atoms with van der Waals surface area (Å²) < 4.78 is 0. The molecule has 0 aromatic rings. The maximum absolute atomic E-state index is 13.0. The highest BCUT2D eigenvalue weighted by atomic mass is 35.5. The van der Waals surface area contributed by atoms with Crippen molar-refractivity contribution in [1.82, 2.24) is 20.0 Å². The molecular formula is C19H35ClN4O2. The Bertz CT molecular complexity index is 484. The van der Waals surface area contributed by atoms with E-state index in [4.69, 9.17) is 0 Å². The number of amides is 2. The van der Waals surface area contributed by atoms with Gasteiger partial charge in [0.05, 0.1) is 5.92 Å². The van der Waals surface area contributed by atoms with Crippen molar-refractivity contribution in [3.63, 3.8) is 0 Å². The van der Waals surface area contributed by atoms with Gasteiger partial charge in [-0.15, -0.1) is 12.4 Å². The van der Waals surface area contributed by atoms with Crippen molar-refractivity contribution in [3.8, 4) is 0 Å². The van der Waals surface area contributed by atoms with Crippen LogP contribution in [0.4, 0.5) is 0 Å². The van der Waals surface area contributed by atoms with Gasteiger partial charge in [-0.05, 0) is 25.7 Å². The molecule has 0 radical (unpaired) electrons. The molecule has 3 saturated heterocycles. The fraction of sp³-hybridized carbons (Fsp3) is 0.895. The first-order chi connectivity index (χ1) is 12.1. The molecule has 0 spiro atoms. The molecule has 7 heteroatoms. The Labute approximate surface area is 164 Å². The molecule has 0 aromatic carbocycles. The summed E-state index contributed by atoms with van der Waals surface area (Å²) in [5, 5.41) is 3.39. The highest BCUT2D eigenvalue weighted by Gasteiger charge is 2.36. The lowest BCUT2D eigenvalue weighted by Crippen LogP contribution is -2.50. The Morgan fingerprint density at radius 2 is 1.77 bits per heavy atom. The number of nitrogens with zero attached hydrogens (tertiary/aromatic N) is 3. The van der Waals surface area contributed by atoms with E-state index in [1.54, 1.807) is 0 Å². The Morgan fingerprint density at radius 3 is 2.46 bits per heavy atom. The largest absolute Gasteiger partial charge is 0.342 e. The van der Waals surface area contributed by atoms with Gasteiger partial charge in [-0.3, -0.25) is 14.5 Å². The standard InChI is InChI=1S/C19H34N4O2.ClH/c1-3-15(2)18(24)22-9-4-5-16(13-22)19(25)23-10-6-17(14-23)21-11-7-20-8-12-21;/h15-17,20H,3-14H2,1-2H3;1H. The topological polar surface area (TPSA) is 55.9 Å². The first-order valence-corrected chi connectivity index (χ1v) is 10.1. The molecule has 0 saturated carbocycles. The molecule has 0 aliphatic carbocycles. The van der Waals surface area contributed by atoms with Crippen molar-refractivity contribution in [2.75, 3.05) is 52.4 Å². The molecule has 6 nitrogen and oxygen atoms in total. The Balaban J connectivity index is 0.00000243. The lowest BCUT2D eigenvalue weighted by atomic mass is 9.95. The van der Waals surface area contributed by atoms with Crippen LogP contribution < -0.4 is 5.32 Å². The maximum atomic E-state index is 13.0. The molecule has 1 N–H and O–H groups in total. The van der Waals surface area contributed by atoms with Gasteiger partial charge < -0.3 is 15.1 Å². The zero-order chi connectivity index (χ0) is 17.8. The molecule has 2 amide bonds. The van der Waals surface area contributed by atoms with Crippen LogP contribution in [0, 0.1) is 11.8 Å². The minimum atomic E-state index is 0. The number of nitrogens with one attached hydrogen (secondary N) is 1. The van der Waals surface area contributed by atoms with Crippen molar-refractivity contribution in [2.24, 2.45) is 11.8 Å². The zero-order valence-electron chi connectivity index (χ0n) is 16.3. The van der Waals surface area contributed by atoms with E-state index >= 15 is 0 Å². The lowest BCUT2D eigenvalue weighted by molar-refractivity contribution is -0.142. The monoisotopic (exact) mass is 386 g/mol. The average Bonchev–Trinajstić information content (AvgIpc) is 3.17. The molecule has 3 aliphatic rings. The van der Waals surface area contributed by atoms with Gasteiger partial charge in [0.15, 0.2) is 0 Å². The van der Waals surface area contributed by atoms with Crippen molar-refractivity contribution >= 4 is 24.2 Å². The fourth-order valence-electron chi connectivity index (χ4n) is 4.41. The molecule has 3 fully saturated rings. The van der Waals surface area contributed by atoms with Gasteiger partial charge in [0.2, 0.25) is 11.8 Å². The van der Waals surface area contributed by atoms with Crippen LogP contribution in [0.3, 0.4) is 0 Å². The predicted molar refractivity (Wildman–Crippen MR) is 105 cm³/mol. The molecule has 3 heterocycles. The summed E-state index contributed by atoms with van der Waals surface area (Å²) in [4.78, 5) is 32.0. The zero-order valence-corrected chi connectivity index (χ0v) is 17.1. The average molecular weight is 387 g/mol. The van der Waals surface area contributed by atoms with Gasteiger partial charge in [0.25, 0.3) is 0 Å². The first kappa shape index (κ1) is 21.5. The summed E-state index contributed by atoms with van der Waals surface area (Å²) in [6, 6.07) is 0.521. The number of hydrogen-bond donors (Lipinski definition) is 1. The minimum absolute atomic E-state index is 0. The fourth-order valence-corrected chi connectivity index (χ4v) is 4.41. The van der Waals surface area contributed by atoms with Crippen LogP contribution in [0.2, 0.25) is 0 Å². The number of hydrogen-bond acceptors (Lipinski definition) is 4. The highest BCUT2D eigenvalue weighted by molar-refractivity contribution is 5.85. The molecule has 0 aromatic heterocycles. The second-order valence-electron chi connectivity index (χ2n) is 7.95. The van der Waals surface area contributed by atoms with Gasteiger partial charge in [0.1, 0.15) is 0 Å². The predicted octanol–water partition coefficient (Wildman–Crippen LogP) is 1.20. The molecule has 3 aliphatic heterocycles. The summed E-state index contributed by atoms with van der Waals surface area (Å²) in [7, 11) is 0. The van der Waals surface area contributed by atoms with Gasteiger partial charge in [-0.2, -0.15) is 0 Å². The van der Waals surface area contributed by atoms with E-state index in [1.807, 2.05) is 11.8 Å².